The van der Waals surface area contributed by atoms with Crippen LogP contribution in [-0.2, 0) is 4.79 Å². The van der Waals surface area contributed by atoms with Crippen LogP contribution in [0.5, 0.6) is 11.5 Å². The molecule has 0 radical (unpaired) electrons. The lowest BCUT2D eigenvalue weighted by Gasteiger charge is -2.12. The van der Waals surface area contributed by atoms with Gasteiger partial charge < -0.3 is 9.47 Å². The molecule has 2 amide bonds. The third-order valence-corrected chi connectivity index (χ3v) is 5.07. The van der Waals surface area contributed by atoms with Crippen molar-refractivity contribution in [3.05, 3.63) is 55.6 Å². The Bertz CT molecular complexity index is 910. The third-order valence-electron chi connectivity index (χ3n) is 3.40. The molecule has 0 aliphatic rings. The van der Waals surface area contributed by atoms with Crippen LogP contribution in [0, 0.1) is 10.5 Å². The Kier molecular flexibility index (Phi) is 8.45. The summed E-state index contributed by atoms with van der Waals surface area (Å²) in [5.41, 5.74) is 6.38. The molecule has 0 saturated carbocycles. The fraction of sp³-hybridized carbons (Fsp3) is 0.167. The maximum Gasteiger partial charge on any atom is 0.269 e. The topological polar surface area (TPSA) is 88.7 Å². The van der Waals surface area contributed by atoms with Crippen LogP contribution < -0.4 is 25.6 Å². The average molecular weight is 578 g/mol. The molecule has 2 rings (SSSR count). The van der Waals surface area contributed by atoms with E-state index in [2.05, 4.69) is 54.7 Å². The van der Waals surface area contributed by atoms with Crippen LogP contribution in [0.4, 0.5) is 0 Å². The number of aryl methyl sites for hydroxylation is 1. The van der Waals surface area contributed by atoms with E-state index in [0.717, 1.165) is 13.6 Å². The van der Waals surface area contributed by atoms with E-state index in [1.54, 1.807) is 31.4 Å². The number of ether oxygens (including phenoxy) is 2. The maximum atomic E-state index is 12.1. The Labute approximate surface area is 189 Å². The minimum atomic E-state index is -0.460. The summed E-state index contributed by atoms with van der Waals surface area (Å²) in [6.07, 6.45) is 0. The highest BCUT2D eigenvalue weighted by Gasteiger charge is 2.11. The summed E-state index contributed by atoms with van der Waals surface area (Å²) in [7, 11) is 1.56. The van der Waals surface area contributed by atoms with E-state index in [0.29, 0.717) is 17.1 Å². The van der Waals surface area contributed by atoms with Gasteiger partial charge in [0.15, 0.2) is 11.7 Å². The summed E-state index contributed by atoms with van der Waals surface area (Å²) < 4.78 is 12.1. The van der Waals surface area contributed by atoms with Crippen molar-refractivity contribution in [2.24, 2.45) is 0 Å². The molecule has 0 spiro atoms. The monoisotopic (exact) mass is 577 g/mol. The fourth-order valence-electron chi connectivity index (χ4n) is 2.05. The van der Waals surface area contributed by atoms with Crippen molar-refractivity contribution in [1.82, 2.24) is 16.2 Å². The highest BCUT2D eigenvalue weighted by molar-refractivity contribution is 14.1. The number of hydrogen-bond acceptors (Lipinski definition) is 5. The Morgan fingerprint density at radius 3 is 2.50 bits per heavy atom. The van der Waals surface area contributed by atoms with Gasteiger partial charge >= 0.3 is 0 Å². The van der Waals surface area contributed by atoms with Gasteiger partial charge in [-0.05, 0) is 93.6 Å². The van der Waals surface area contributed by atoms with Gasteiger partial charge in [0.2, 0.25) is 0 Å². The Morgan fingerprint density at radius 1 is 1.14 bits per heavy atom. The van der Waals surface area contributed by atoms with Gasteiger partial charge in [0.1, 0.15) is 11.5 Å². The van der Waals surface area contributed by atoms with Crippen LogP contribution in [-0.4, -0.2) is 30.6 Å². The van der Waals surface area contributed by atoms with Gasteiger partial charge in [-0.25, -0.2) is 0 Å². The number of benzene rings is 2. The number of rotatable bonds is 5. The number of methoxy groups -OCH3 is 1. The summed E-state index contributed by atoms with van der Waals surface area (Å²) in [5.74, 6) is 0.352. The number of carbonyl (C=O) groups is 2. The zero-order valence-electron chi connectivity index (χ0n) is 15.0. The van der Waals surface area contributed by atoms with Crippen molar-refractivity contribution >= 4 is 67.7 Å². The first kappa shape index (κ1) is 22.4. The molecule has 10 heteroatoms. The molecule has 0 aliphatic heterocycles. The second-order valence-electron chi connectivity index (χ2n) is 5.53. The fourth-order valence-corrected chi connectivity index (χ4v) is 3.56. The normalized spacial score (nSPS) is 10.0. The van der Waals surface area contributed by atoms with Crippen LogP contribution in [0.25, 0.3) is 0 Å². The molecule has 7 nitrogen and oxygen atoms in total. The standard InChI is InChI=1S/C18H17BrIN3O4S/c1-10-3-5-14(12(19)7-10)27-9-16(24)21-18(28)23-22-17(25)11-4-6-15(26-2)13(20)8-11/h3-8H,9H2,1-2H3,(H,22,25)(H2,21,23,24,28). The number of hydrogen-bond donors (Lipinski definition) is 3. The van der Waals surface area contributed by atoms with Crippen LogP contribution in [0.1, 0.15) is 15.9 Å². The number of carbonyl (C=O) groups excluding carboxylic acids is 2. The smallest absolute Gasteiger partial charge is 0.269 e. The van der Waals surface area contributed by atoms with E-state index in [4.69, 9.17) is 21.7 Å². The van der Waals surface area contributed by atoms with E-state index < -0.39 is 11.8 Å². The zero-order valence-corrected chi connectivity index (χ0v) is 19.5. The number of thiocarbonyl (C=S) groups is 1. The van der Waals surface area contributed by atoms with Gasteiger partial charge in [0.25, 0.3) is 11.8 Å². The number of hydrazine groups is 1. The number of halogens is 2. The van der Waals surface area contributed by atoms with E-state index in [1.165, 1.54) is 0 Å². The summed E-state index contributed by atoms with van der Waals surface area (Å²) in [4.78, 5) is 24.1. The average Bonchev–Trinajstić information content (AvgIpc) is 2.65. The lowest BCUT2D eigenvalue weighted by molar-refractivity contribution is -0.121. The Morgan fingerprint density at radius 2 is 1.86 bits per heavy atom. The van der Waals surface area contributed by atoms with Crippen LogP contribution in [0.2, 0.25) is 0 Å². The Balaban J connectivity index is 1.79. The quantitative estimate of drug-likeness (QED) is 0.288. The summed E-state index contributed by atoms with van der Waals surface area (Å²) >= 11 is 10.4. The second-order valence-corrected chi connectivity index (χ2v) is 7.95. The molecule has 0 atom stereocenters. The molecule has 0 saturated heterocycles. The minimum absolute atomic E-state index is 0.0480. The van der Waals surface area contributed by atoms with Crippen LogP contribution in [0.15, 0.2) is 40.9 Å². The van der Waals surface area contributed by atoms with Crippen molar-refractivity contribution in [3.8, 4) is 11.5 Å². The molecule has 0 aromatic heterocycles. The predicted octanol–water partition coefficient (Wildman–Crippen LogP) is 3.09. The number of nitrogens with one attached hydrogen (secondary N) is 3. The summed E-state index contributed by atoms with van der Waals surface area (Å²) in [6, 6.07) is 10.5. The molecule has 148 valence electrons. The number of amides is 2. The lowest BCUT2D eigenvalue weighted by Crippen LogP contribution is -2.49. The van der Waals surface area contributed by atoms with Crippen LogP contribution >= 0.6 is 50.7 Å². The molecular formula is C18H17BrIN3O4S. The van der Waals surface area contributed by atoms with Gasteiger partial charge in [-0.15, -0.1) is 0 Å². The second kappa shape index (κ2) is 10.6. The SMILES string of the molecule is COc1ccc(C(=O)NNC(=S)NC(=O)COc2ccc(C)cc2Br)cc1I. The van der Waals surface area contributed by atoms with Gasteiger partial charge in [0, 0.05) is 5.56 Å². The van der Waals surface area contributed by atoms with Gasteiger partial charge in [0.05, 0.1) is 15.2 Å². The molecule has 2 aromatic rings. The summed E-state index contributed by atoms with van der Waals surface area (Å²) in [6.45, 7) is 1.72. The molecule has 0 aliphatic carbocycles. The molecular weight excluding hydrogens is 561 g/mol. The van der Waals surface area contributed by atoms with Crippen molar-refractivity contribution in [1.29, 1.82) is 0 Å². The Hall–Kier alpha value is -1.92. The highest BCUT2D eigenvalue weighted by atomic mass is 127. The van der Waals surface area contributed by atoms with E-state index in [1.807, 2.05) is 19.1 Å². The lowest BCUT2D eigenvalue weighted by atomic mass is 10.2. The van der Waals surface area contributed by atoms with Crippen molar-refractivity contribution in [2.45, 2.75) is 6.92 Å². The summed E-state index contributed by atoms with van der Waals surface area (Å²) in [5, 5.41) is 2.37. The van der Waals surface area contributed by atoms with Crippen molar-refractivity contribution in [2.75, 3.05) is 13.7 Å². The first-order valence-corrected chi connectivity index (χ1v) is 10.2. The maximum absolute atomic E-state index is 12.1. The molecule has 3 N–H and O–H groups in total. The van der Waals surface area contributed by atoms with E-state index in [9.17, 15) is 9.59 Å². The largest absolute Gasteiger partial charge is 0.496 e. The van der Waals surface area contributed by atoms with Crippen LogP contribution in [0.3, 0.4) is 0 Å². The first-order chi connectivity index (χ1) is 13.3. The van der Waals surface area contributed by atoms with Crippen molar-refractivity contribution < 1.29 is 19.1 Å². The molecule has 28 heavy (non-hydrogen) atoms. The van der Waals surface area contributed by atoms with Gasteiger partial charge in [-0.1, -0.05) is 6.07 Å². The highest BCUT2D eigenvalue weighted by Crippen LogP contribution is 2.25. The molecule has 0 bridgehead atoms. The van der Waals surface area contributed by atoms with E-state index in [-0.39, 0.29) is 11.7 Å². The molecule has 2 aromatic carbocycles. The van der Waals surface area contributed by atoms with Gasteiger partial charge in [-0.3, -0.25) is 25.8 Å². The van der Waals surface area contributed by atoms with E-state index >= 15 is 0 Å². The molecule has 0 heterocycles. The zero-order chi connectivity index (χ0) is 20.7. The predicted molar refractivity (Wildman–Crippen MR) is 121 cm³/mol. The minimum Gasteiger partial charge on any atom is -0.496 e. The first-order valence-electron chi connectivity index (χ1n) is 7.93. The third kappa shape index (κ3) is 6.60. The molecule has 0 unspecified atom stereocenters. The molecule has 0 fully saturated rings. The van der Waals surface area contributed by atoms with Gasteiger partial charge in [-0.2, -0.15) is 0 Å². The van der Waals surface area contributed by atoms with Crippen molar-refractivity contribution in [3.63, 3.8) is 0 Å².